The maximum absolute atomic E-state index is 5.82. The summed E-state index contributed by atoms with van der Waals surface area (Å²) >= 11 is 5.82. The summed E-state index contributed by atoms with van der Waals surface area (Å²) in [6.07, 6.45) is 0. The first-order valence-corrected chi connectivity index (χ1v) is 4.66. The van der Waals surface area contributed by atoms with Crippen molar-refractivity contribution in [1.29, 1.82) is 0 Å². The van der Waals surface area contributed by atoms with Crippen molar-refractivity contribution in [3.63, 3.8) is 0 Å². The van der Waals surface area contributed by atoms with Crippen LogP contribution in [-0.4, -0.2) is 6.61 Å². The fourth-order valence-corrected chi connectivity index (χ4v) is 1.23. The van der Waals surface area contributed by atoms with Crippen LogP contribution in [0.4, 0.5) is 0 Å². The molecule has 14 heavy (non-hydrogen) atoms. The summed E-state index contributed by atoms with van der Waals surface area (Å²) in [6.45, 7) is 2.57. The van der Waals surface area contributed by atoms with Crippen LogP contribution >= 0.6 is 11.6 Å². The highest BCUT2D eigenvalue weighted by Gasteiger charge is 2.01. The molecule has 0 aromatic heterocycles. The first kappa shape index (κ1) is 10.9. The molecule has 0 spiro atoms. The third kappa shape index (κ3) is 2.95. The molecule has 0 aliphatic rings. The molecule has 0 heterocycles. The summed E-state index contributed by atoms with van der Waals surface area (Å²) < 4.78 is 5.41. The molecule has 74 valence electrons. The minimum absolute atomic E-state index is 0.380. The molecule has 0 aliphatic heterocycles. The van der Waals surface area contributed by atoms with Gasteiger partial charge in [-0.3, -0.25) is 0 Å². The zero-order chi connectivity index (χ0) is 10.4. The summed E-state index contributed by atoms with van der Waals surface area (Å²) in [5.74, 6) is 6.32. The molecule has 0 saturated carbocycles. The van der Waals surface area contributed by atoms with E-state index >= 15 is 0 Å². The molecule has 3 heteroatoms. The molecule has 0 aliphatic carbocycles. The lowest BCUT2D eigenvalue weighted by atomic mass is 10.2. The number of nitrogens with two attached hydrogens (primary N) is 1. The van der Waals surface area contributed by atoms with Crippen LogP contribution < -0.4 is 10.5 Å². The van der Waals surface area contributed by atoms with E-state index in [4.69, 9.17) is 22.1 Å². The van der Waals surface area contributed by atoms with Gasteiger partial charge in [0.1, 0.15) is 12.4 Å². The lowest BCUT2D eigenvalue weighted by Crippen LogP contribution is -2.02. The van der Waals surface area contributed by atoms with Gasteiger partial charge in [-0.1, -0.05) is 17.5 Å². The summed E-state index contributed by atoms with van der Waals surface area (Å²) in [7, 11) is 0. The Hall–Kier alpha value is -1.17. The van der Waals surface area contributed by atoms with Gasteiger partial charge in [-0.2, -0.15) is 0 Å². The second-order valence-corrected chi connectivity index (χ2v) is 3.11. The number of benzene rings is 1. The van der Waals surface area contributed by atoms with E-state index in [1.54, 1.807) is 19.1 Å². The second kappa shape index (κ2) is 5.54. The summed E-state index contributed by atoms with van der Waals surface area (Å²) in [4.78, 5) is 0. The third-order valence-electron chi connectivity index (χ3n) is 1.72. The third-order valence-corrected chi connectivity index (χ3v) is 1.95. The predicted octanol–water partition coefficient (Wildman–Crippen LogP) is 2.20. The van der Waals surface area contributed by atoms with Crippen molar-refractivity contribution in [2.24, 2.45) is 5.73 Å². The van der Waals surface area contributed by atoms with Crippen LogP contribution in [0.25, 0.3) is 0 Å². The lowest BCUT2D eigenvalue weighted by molar-refractivity contribution is 0.366. The Labute approximate surface area is 89.0 Å². The van der Waals surface area contributed by atoms with Gasteiger partial charge in [0.15, 0.2) is 0 Å². The molecule has 0 amide bonds. The molecule has 1 rings (SSSR count). The van der Waals surface area contributed by atoms with Crippen LogP contribution in [0, 0.1) is 11.8 Å². The summed E-state index contributed by atoms with van der Waals surface area (Å²) in [5.41, 5.74) is 6.45. The van der Waals surface area contributed by atoms with Gasteiger partial charge in [-0.25, -0.2) is 0 Å². The number of rotatable bonds is 3. The minimum Gasteiger partial charge on any atom is -0.481 e. The van der Waals surface area contributed by atoms with E-state index in [-0.39, 0.29) is 0 Å². The fourth-order valence-electron chi connectivity index (χ4n) is 1.03. The highest BCUT2D eigenvalue weighted by Crippen LogP contribution is 2.22. The van der Waals surface area contributed by atoms with E-state index in [2.05, 4.69) is 11.8 Å². The van der Waals surface area contributed by atoms with E-state index in [0.717, 1.165) is 11.3 Å². The van der Waals surface area contributed by atoms with Gasteiger partial charge < -0.3 is 10.5 Å². The molecule has 1 aromatic rings. The zero-order valence-corrected chi connectivity index (χ0v) is 8.77. The Kier molecular flexibility index (Phi) is 4.31. The Morgan fingerprint density at radius 2 is 2.29 bits per heavy atom. The maximum Gasteiger partial charge on any atom is 0.149 e. The fraction of sp³-hybridized carbons (Fsp3) is 0.273. The monoisotopic (exact) mass is 209 g/mol. The molecule has 0 saturated heterocycles. The van der Waals surface area contributed by atoms with Gasteiger partial charge in [-0.15, -0.1) is 5.92 Å². The van der Waals surface area contributed by atoms with Crippen LogP contribution in [0.3, 0.4) is 0 Å². The molecule has 2 nitrogen and oxygen atoms in total. The molecule has 0 unspecified atom stereocenters. The van der Waals surface area contributed by atoms with E-state index in [1.165, 1.54) is 0 Å². The Bertz CT molecular complexity index is 365. The van der Waals surface area contributed by atoms with E-state index < -0.39 is 0 Å². The van der Waals surface area contributed by atoms with Crippen molar-refractivity contribution >= 4 is 11.6 Å². The van der Waals surface area contributed by atoms with E-state index in [0.29, 0.717) is 18.2 Å². The first-order chi connectivity index (χ1) is 6.77. The Balaban J connectivity index is 2.78. The summed E-state index contributed by atoms with van der Waals surface area (Å²) in [6, 6.07) is 5.38. The molecule has 0 bridgehead atoms. The molecule has 0 radical (unpaired) electrons. The average molecular weight is 210 g/mol. The van der Waals surface area contributed by atoms with Crippen LogP contribution in [0.2, 0.25) is 5.02 Å². The second-order valence-electron chi connectivity index (χ2n) is 2.67. The van der Waals surface area contributed by atoms with Crippen molar-refractivity contribution < 1.29 is 4.74 Å². The van der Waals surface area contributed by atoms with Crippen molar-refractivity contribution in [1.82, 2.24) is 0 Å². The molecule has 0 fully saturated rings. The standard InChI is InChI=1S/C11H12ClNO/c1-2-3-6-14-11-5-4-10(12)7-9(11)8-13/h4-5,7H,6,8,13H2,1H3. The molecule has 1 aromatic carbocycles. The Morgan fingerprint density at radius 3 is 2.93 bits per heavy atom. The van der Waals surface area contributed by atoms with Gasteiger partial charge in [-0.05, 0) is 25.1 Å². The molecular weight excluding hydrogens is 198 g/mol. The van der Waals surface area contributed by atoms with Gasteiger partial charge in [0.05, 0.1) is 0 Å². The van der Waals surface area contributed by atoms with E-state index in [1.807, 2.05) is 6.07 Å². The number of halogens is 1. The van der Waals surface area contributed by atoms with Crippen molar-refractivity contribution in [2.75, 3.05) is 6.61 Å². The van der Waals surface area contributed by atoms with Crippen LogP contribution in [0.15, 0.2) is 18.2 Å². The highest BCUT2D eigenvalue weighted by atomic mass is 35.5. The molecule has 0 atom stereocenters. The minimum atomic E-state index is 0.380. The normalized spacial score (nSPS) is 9.07. The Morgan fingerprint density at radius 1 is 1.50 bits per heavy atom. The largest absolute Gasteiger partial charge is 0.481 e. The van der Waals surface area contributed by atoms with Crippen molar-refractivity contribution in [2.45, 2.75) is 13.5 Å². The smallest absolute Gasteiger partial charge is 0.149 e. The van der Waals surface area contributed by atoms with Crippen LogP contribution in [-0.2, 0) is 6.54 Å². The number of hydrogen-bond donors (Lipinski definition) is 1. The van der Waals surface area contributed by atoms with Crippen molar-refractivity contribution in [3.05, 3.63) is 28.8 Å². The first-order valence-electron chi connectivity index (χ1n) is 4.29. The summed E-state index contributed by atoms with van der Waals surface area (Å²) in [5, 5.41) is 0.666. The van der Waals surface area contributed by atoms with Crippen molar-refractivity contribution in [3.8, 4) is 17.6 Å². The number of ether oxygens (including phenoxy) is 1. The quantitative estimate of drug-likeness (QED) is 0.775. The highest BCUT2D eigenvalue weighted by molar-refractivity contribution is 6.30. The van der Waals surface area contributed by atoms with Gasteiger partial charge >= 0.3 is 0 Å². The number of hydrogen-bond acceptors (Lipinski definition) is 2. The maximum atomic E-state index is 5.82. The van der Waals surface area contributed by atoms with Gasteiger partial charge in [0.25, 0.3) is 0 Å². The van der Waals surface area contributed by atoms with Gasteiger partial charge in [0, 0.05) is 17.1 Å². The average Bonchev–Trinajstić information content (AvgIpc) is 2.20. The van der Waals surface area contributed by atoms with Crippen LogP contribution in [0.5, 0.6) is 5.75 Å². The molecular formula is C11H12ClNO. The van der Waals surface area contributed by atoms with Crippen LogP contribution in [0.1, 0.15) is 12.5 Å². The molecule has 2 N–H and O–H groups in total. The predicted molar refractivity (Wildman–Crippen MR) is 58.3 cm³/mol. The lowest BCUT2D eigenvalue weighted by Gasteiger charge is -2.07. The van der Waals surface area contributed by atoms with E-state index in [9.17, 15) is 0 Å². The zero-order valence-electron chi connectivity index (χ0n) is 8.01. The topological polar surface area (TPSA) is 35.2 Å². The SMILES string of the molecule is CC#CCOc1ccc(Cl)cc1CN. The van der Waals surface area contributed by atoms with Gasteiger partial charge in [0.2, 0.25) is 0 Å².